The third kappa shape index (κ3) is 4.55. The SMILES string of the molecule is CNc1cc2[nH]c(=O)n(-c3ccc(C(=O)NC(C(=O)O)c4ccc(Cl)s4)cc3OC)c(=O)c2cc1F. The van der Waals surface area contributed by atoms with Gasteiger partial charge in [0.1, 0.15) is 11.6 Å². The highest BCUT2D eigenvalue weighted by molar-refractivity contribution is 7.16. The summed E-state index contributed by atoms with van der Waals surface area (Å²) in [7, 11) is 2.77. The fourth-order valence-electron chi connectivity index (χ4n) is 3.60. The van der Waals surface area contributed by atoms with Gasteiger partial charge in [-0.3, -0.25) is 9.59 Å². The Hall–Kier alpha value is -4.16. The smallest absolute Gasteiger partial charge is 0.333 e. The highest BCUT2D eigenvalue weighted by atomic mass is 35.5. The summed E-state index contributed by atoms with van der Waals surface area (Å²) >= 11 is 6.89. The number of fused-ring (bicyclic) bond motifs is 1. The van der Waals surface area contributed by atoms with Crippen LogP contribution in [0.2, 0.25) is 4.34 Å². The summed E-state index contributed by atoms with van der Waals surface area (Å²) in [6, 6.07) is 7.84. The number of hydrogen-bond donors (Lipinski definition) is 4. The Morgan fingerprint density at radius 2 is 1.94 bits per heavy atom. The van der Waals surface area contributed by atoms with E-state index < -0.39 is 35.0 Å². The number of aliphatic carboxylic acids is 1. The molecule has 13 heteroatoms. The highest BCUT2D eigenvalue weighted by Crippen LogP contribution is 2.28. The zero-order valence-corrected chi connectivity index (χ0v) is 20.3. The van der Waals surface area contributed by atoms with Gasteiger partial charge < -0.3 is 25.5 Å². The number of H-pyrrole nitrogens is 1. The van der Waals surface area contributed by atoms with Crippen LogP contribution in [0.5, 0.6) is 5.75 Å². The number of halogens is 2. The quantitative estimate of drug-likeness (QED) is 0.286. The van der Waals surface area contributed by atoms with Crippen LogP contribution in [0.25, 0.3) is 16.6 Å². The minimum Gasteiger partial charge on any atom is -0.495 e. The molecule has 4 N–H and O–H groups in total. The summed E-state index contributed by atoms with van der Waals surface area (Å²) in [5.74, 6) is -2.72. The average Bonchev–Trinajstić information content (AvgIpc) is 3.28. The van der Waals surface area contributed by atoms with E-state index in [1.165, 1.54) is 50.6 Å². The number of aromatic amines is 1. The van der Waals surface area contributed by atoms with E-state index in [1.54, 1.807) is 0 Å². The third-order valence-electron chi connectivity index (χ3n) is 5.34. The molecule has 186 valence electrons. The molecule has 0 radical (unpaired) electrons. The standard InChI is InChI=1S/C23H18ClFN4O6S/c1-26-14-9-13-11(8-12(14)25)21(31)29(23(34)27-13)15-4-3-10(7-16(15)35-2)20(30)28-19(22(32)33)17-5-6-18(24)36-17/h3-9,19,26H,1-2H3,(H,27,34)(H,28,30)(H,32,33). The Balaban J connectivity index is 1.75. The summed E-state index contributed by atoms with van der Waals surface area (Å²) in [5, 5.41) is 14.5. The third-order valence-corrected chi connectivity index (χ3v) is 6.63. The molecule has 0 saturated heterocycles. The summed E-state index contributed by atoms with van der Waals surface area (Å²) in [6.07, 6.45) is 0. The van der Waals surface area contributed by atoms with Gasteiger partial charge in [0, 0.05) is 17.5 Å². The summed E-state index contributed by atoms with van der Waals surface area (Å²) in [4.78, 5) is 53.3. The average molecular weight is 533 g/mol. The highest BCUT2D eigenvalue weighted by Gasteiger charge is 2.25. The minimum atomic E-state index is -1.34. The zero-order chi connectivity index (χ0) is 26.1. The second kappa shape index (κ2) is 9.84. The van der Waals surface area contributed by atoms with Crippen LogP contribution in [0.3, 0.4) is 0 Å². The summed E-state index contributed by atoms with van der Waals surface area (Å²) < 4.78 is 20.7. The number of carboxylic acids is 1. The van der Waals surface area contributed by atoms with Gasteiger partial charge in [-0.2, -0.15) is 0 Å². The number of nitrogens with one attached hydrogen (secondary N) is 3. The van der Waals surface area contributed by atoms with E-state index in [2.05, 4.69) is 15.6 Å². The molecule has 0 aliphatic carbocycles. The van der Waals surface area contributed by atoms with Crippen LogP contribution in [0.4, 0.5) is 10.1 Å². The van der Waals surface area contributed by atoms with Crippen molar-refractivity contribution >= 4 is 51.4 Å². The molecule has 2 heterocycles. The van der Waals surface area contributed by atoms with Crippen molar-refractivity contribution in [2.24, 2.45) is 0 Å². The van der Waals surface area contributed by atoms with Crippen molar-refractivity contribution in [2.45, 2.75) is 6.04 Å². The Bertz CT molecular complexity index is 1630. The number of rotatable bonds is 7. The lowest BCUT2D eigenvalue weighted by Crippen LogP contribution is -2.34. The Morgan fingerprint density at radius 1 is 1.19 bits per heavy atom. The first-order chi connectivity index (χ1) is 17.1. The van der Waals surface area contributed by atoms with Gasteiger partial charge in [0.2, 0.25) is 0 Å². The Kier molecular flexibility index (Phi) is 6.82. The van der Waals surface area contributed by atoms with Gasteiger partial charge in [0.05, 0.1) is 33.7 Å². The van der Waals surface area contributed by atoms with E-state index in [0.29, 0.717) is 9.21 Å². The fraction of sp³-hybridized carbons (Fsp3) is 0.130. The first-order valence-corrected chi connectivity index (χ1v) is 11.5. The molecule has 0 saturated carbocycles. The second-order valence-corrected chi connectivity index (χ2v) is 9.22. The van der Waals surface area contributed by atoms with Gasteiger partial charge >= 0.3 is 11.7 Å². The minimum absolute atomic E-state index is 0.000115. The van der Waals surface area contributed by atoms with E-state index in [1.807, 2.05) is 0 Å². The van der Waals surface area contributed by atoms with Gasteiger partial charge in [-0.1, -0.05) is 11.6 Å². The van der Waals surface area contributed by atoms with Gasteiger partial charge in [-0.25, -0.2) is 18.5 Å². The van der Waals surface area contributed by atoms with Crippen molar-refractivity contribution in [3.63, 3.8) is 0 Å². The molecule has 1 unspecified atom stereocenters. The molecule has 2 aromatic heterocycles. The number of thiophene rings is 1. The first kappa shape index (κ1) is 24.9. The number of nitrogens with zero attached hydrogens (tertiary/aromatic N) is 1. The number of amides is 1. The number of methoxy groups -OCH3 is 1. The van der Waals surface area contributed by atoms with Gasteiger partial charge in [0.15, 0.2) is 6.04 Å². The first-order valence-electron chi connectivity index (χ1n) is 10.3. The van der Waals surface area contributed by atoms with Crippen LogP contribution in [0.15, 0.2) is 52.1 Å². The van der Waals surface area contributed by atoms with Gasteiger partial charge in [-0.05, 0) is 42.5 Å². The van der Waals surface area contributed by atoms with Gasteiger partial charge in [0.25, 0.3) is 11.5 Å². The molecule has 10 nitrogen and oxygen atoms in total. The molecule has 1 atom stereocenters. The van der Waals surface area contributed by atoms with E-state index in [-0.39, 0.29) is 33.6 Å². The number of carbonyl (C=O) groups is 2. The largest absolute Gasteiger partial charge is 0.495 e. The molecule has 2 aromatic carbocycles. The molecule has 4 aromatic rings. The Morgan fingerprint density at radius 3 is 2.56 bits per heavy atom. The number of benzene rings is 2. The predicted molar refractivity (Wildman–Crippen MR) is 133 cm³/mol. The number of anilines is 1. The lowest BCUT2D eigenvalue weighted by Gasteiger charge is -2.15. The van der Waals surface area contributed by atoms with Gasteiger partial charge in [-0.15, -0.1) is 11.3 Å². The Labute approximate surface area is 210 Å². The van der Waals surface area contributed by atoms with E-state index >= 15 is 0 Å². The van der Waals surface area contributed by atoms with Crippen molar-refractivity contribution < 1.29 is 23.8 Å². The fourth-order valence-corrected chi connectivity index (χ4v) is 4.71. The number of ether oxygens (including phenoxy) is 1. The molecule has 36 heavy (non-hydrogen) atoms. The number of hydrogen-bond acceptors (Lipinski definition) is 7. The van der Waals surface area contributed by atoms with Crippen LogP contribution in [0, 0.1) is 5.82 Å². The molecule has 0 bridgehead atoms. The lowest BCUT2D eigenvalue weighted by atomic mass is 10.1. The van der Waals surface area contributed by atoms with Crippen LogP contribution >= 0.6 is 22.9 Å². The van der Waals surface area contributed by atoms with Crippen molar-refractivity contribution in [3.8, 4) is 11.4 Å². The van der Waals surface area contributed by atoms with Crippen molar-refractivity contribution in [1.29, 1.82) is 0 Å². The molecular formula is C23H18ClFN4O6S. The summed E-state index contributed by atoms with van der Waals surface area (Å²) in [5.41, 5.74) is -1.36. The molecule has 1 amide bonds. The molecule has 4 rings (SSSR count). The number of aromatic nitrogens is 2. The van der Waals surface area contributed by atoms with Crippen molar-refractivity contribution in [1.82, 2.24) is 14.9 Å². The van der Waals surface area contributed by atoms with Crippen LogP contribution in [-0.2, 0) is 4.79 Å². The van der Waals surface area contributed by atoms with Crippen LogP contribution in [-0.4, -0.2) is 40.7 Å². The maximum atomic E-state index is 14.3. The number of carbonyl (C=O) groups excluding carboxylic acids is 1. The predicted octanol–water partition coefficient (Wildman–Crippen LogP) is 3.14. The van der Waals surface area contributed by atoms with E-state index in [9.17, 15) is 28.7 Å². The van der Waals surface area contributed by atoms with E-state index in [4.69, 9.17) is 16.3 Å². The summed E-state index contributed by atoms with van der Waals surface area (Å²) in [6.45, 7) is 0. The normalized spacial score (nSPS) is 11.8. The topological polar surface area (TPSA) is 143 Å². The number of carboxylic acid groups (broad SMARTS) is 1. The monoisotopic (exact) mass is 532 g/mol. The molecule has 0 spiro atoms. The molecule has 0 aliphatic rings. The maximum Gasteiger partial charge on any atom is 0.333 e. The van der Waals surface area contributed by atoms with Crippen LogP contribution in [0.1, 0.15) is 21.3 Å². The molecular weight excluding hydrogens is 515 g/mol. The maximum absolute atomic E-state index is 14.3. The molecule has 0 fully saturated rings. The lowest BCUT2D eigenvalue weighted by molar-refractivity contribution is -0.139. The van der Waals surface area contributed by atoms with Crippen molar-refractivity contribution in [2.75, 3.05) is 19.5 Å². The zero-order valence-electron chi connectivity index (χ0n) is 18.7. The molecule has 0 aliphatic heterocycles. The van der Waals surface area contributed by atoms with E-state index in [0.717, 1.165) is 22.0 Å². The van der Waals surface area contributed by atoms with Crippen LogP contribution < -0.4 is 26.6 Å². The second-order valence-electron chi connectivity index (χ2n) is 7.47. The van der Waals surface area contributed by atoms with Crippen molar-refractivity contribution in [3.05, 3.63) is 83.9 Å².